The molecule has 0 unspecified atom stereocenters. The SMILES string of the molecule is Cc1ccc(OCCCOCC(F)(F)F)c(B(O)O)c1. The van der Waals surface area contributed by atoms with Crippen molar-refractivity contribution >= 4 is 12.6 Å². The van der Waals surface area contributed by atoms with E-state index in [4.69, 9.17) is 4.74 Å². The number of hydrogen-bond acceptors (Lipinski definition) is 4. The van der Waals surface area contributed by atoms with Crippen molar-refractivity contribution in [2.45, 2.75) is 19.5 Å². The van der Waals surface area contributed by atoms with Gasteiger partial charge in [0.05, 0.1) is 13.2 Å². The van der Waals surface area contributed by atoms with Crippen LogP contribution in [0.15, 0.2) is 18.2 Å². The summed E-state index contributed by atoms with van der Waals surface area (Å²) in [5.74, 6) is 0.293. The Morgan fingerprint density at radius 2 is 1.90 bits per heavy atom. The fraction of sp³-hybridized carbons (Fsp3) is 0.500. The molecular formula is C12H16BF3O4. The summed E-state index contributed by atoms with van der Waals surface area (Å²) in [4.78, 5) is 0. The first-order valence-electron chi connectivity index (χ1n) is 6.03. The lowest BCUT2D eigenvalue weighted by atomic mass is 9.79. The summed E-state index contributed by atoms with van der Waals surface area (Å²) in [7, 11) is -1.66. The van der Waals surface area contributed by atoms with Gasteiger partial charge in [-0.1, -0.05) is 17.7 Å². The smallest absolute Gasteiger partial charge is 0.492 e. The average Bonchev–Trinajstić information content (AvgIpc) is 2.33. The van der Waals surface area contributed by atoms with Crippen molar-refractivity contribution in [3.8, 4) is 5.75 Å². The molecule has 20 heavy (non-hydrogen) atoms. The number of ether oxygens (including phenoxy) is 2. The average molecular weight is 292 g/mol. The molecule has 0 amide bonds. The second-order valence-corrected chi connectivity index (χ2v) is 4.28. The largest absolute Gasteiger partial charge is 0.494 e. The van der Waals surface area contributed by atoms with Gasteiger partial charge in [-0.2, -0.15) is 13.2 Å². The van der Waals surface area contributed by atoms with Crippen molar-refractivity contribution in [2.75, 3.05) is 19.8 Å². The molecule has 4 nitrogen and oxygen atoms in total. The summed E-state index contributed by atoms with van der Waals surface area (Å²) in [5, 5.41) is 18.4. The molecule has 0 heterocycles. The van der Waals surface area contributed by atoms with Gasteiger partial charge in [0.15, 0.2) is 0 Å². The quantitative estimate of drug-likeness (QED) is 0.582. The first kappa shape index (κ1) is 16.8. The summed E-state index contributed by atoms with van der Waals surface area (Å²) in [6.45, 7) is 0.557. The number of rotatable bonds is 7. The lowest BCUT2D eigenvalue weighted by molar-refractivity contribution is -0.174. The highest BCUT2D eigenvalue weighted by atomic mass is 19.4. The lowest BCUT2D eigenvalue weighted by Gasteiger charge is -2.12. The van der Waals surface area contributed by atoms with E-state index in [0.29, 0.717) is 5.75 Å². The predicted octanol–water partition coefficient (Wildman–Crippen LogP) is 1.02. The van der Waals surface area contributed by atoms with Crippen LogP contribution in [0, 0.1) is 6.92 Å². The van der Waals surface area contributed by atoms with Crippen molar-refractivity contribution in [2.24, 2.45) is 0 Å². The van der Waals surface area contributed by atoms with Crippen LogP contribution in [0.25, 0.3) is 0 Å². The van der Waals surface area contributed by atoms with Crippen LogP contribution in [0.2, 0.25) is 0 Å². The molecular weight excluding hydrogens is 276 g/mol. The highest BCUT2D eigenvalue weighted by molar-refractivity contribution is 6.59. The minimum absolute atomic E-state index is 0.0810. The second kappa shape index (κ2) is 7.51. The van der Waals surface area contributed by atoms with Gasteiger partial charge < -0.3 is 19.5 Å². The molecule has 0 aliphatic rings. The van der Waals surface area contributed by atoms with Gasteiger partial charge in [-0.25, -0.2) is 0 Å². The van der Waals surface area contributed by atoms with Gasteiger partial charge in [-0.3, -0.25) is 0 Å². The molecule has 0 saturated carbocycles. The summed E-state index contributed by atoms with van der Waals surface area (Å²) in [6, 6.07) is 4.89. The number of hydrogen-bond donors (Lipinski definition) is 2. The van der Waals surface area contributed by atoms with E-state index in [1.54, 1.807) is 25.1 Å². The van der Waals surface area contributed by atoms with Gasteiger partial charge in [0.1, 0.15) is 12.4 Å². The van der Waals surface area contributed by atoms with Gasteiger partial charge >= 0.3 is 13.3 Å². The Hall–Kier alpha value is -1.25. The van der Waals surface area contributed by atoms with Gasteiger partial charge in [-0.05, 0) is 13.0 Å². The van der Waals surface area contributed by atoms with Crippen molar-refractivity contribution in [1.29, 1.82) is 0 Å². The maximum Gasteiger partial charge on any atom is 0.492 e. The third kappa shape index (κ3) is 6.27. The molecule has 0 saturated heterocycles. The second-order valence-electron chi connectivity index (χ2n) is 4.28. The molecule has 112 valence electrons. The molecule has 8 heteroatoms. The monoisotopic (exact) mass is 292 g/mol. The van der Waals surface area contributed by atoms with Gasteiger partial charge in [-0.15, -0.1) is 0 Å². The first-order valence-corrected chi connectivity index (χ1v) is 6.03. The topological polar surface area (TPSA) is 58.9 Å². The van der Waals surface area contributed by atoms with Crippen LogP contribution in [0.3, 0.4) is 0 Å². The van der Waals surface area contributed by atoms with E-state index in [2.05, 4.69) is 4.74 Å². The Balaban J connectivity index is 2.35. The number of aryl methyl sites for hydroxylation is 1. The molecule has 0 spiro atoms. The van der Waals surface area contributed by atoms with Crippen molar-refractivity contribution in [3.63, 3.8) is 0 Å². The van der Waals surface area contributed by atoms with E-state index in [-0.39, 0.29) is 25.1 Å². The molecule has 1 aromatic carbocycles. The molecule has 2 N–H and O–H groups in total. The number of benzene rings is 1. The highest BCUT2D eigenvalue weighted by Gasteiger charge is 2.27. The molecule has 1 aromatic rings. The maximum absolute atomic E-state index is 11.8. The molecule has 0 atom stereocenters. The number of halogens is 3. The summed E-state index contributed by atoms with van der Waals surface area (Å²) in [5.41, 5.74) is 1.06. The fourth-order valence-electron chi connectivity index (χ4n) is 1.53. The summed E-state index contributed by atoms with van der Waals surface area (Å²) < 4.78 is 45.1. The normalized spacial score (nSPS) is 11.5. The van der Waals surface area contributed by atoms with E-state index < -0.39 is 19.9 Å². The lowest BCUT2D eigenvalue weighted by Crippen LogP contribution is -2.31. The van der Waals surface area contributed by atoms with Crippen LogP contribution >= 0.6 is 0 Å². The van der Waals surface area contributed by atoms with Crippen LogP contribution in [-0.2, 0) is 4.74 Å². The van der Waals surface area contributed by atoms with Crippen LogP contribution in [0.5, 0.6) is 5.75 Å². The zero-order chi connectivity index (χ0) is 15.2. The standard InChI is InChI=1S/C12H16BF3O4/c1-9-3-4-11(10(7-9)13(17)18)20-6-2-5-19-8-12(14,15)16/h3-4,7,17-18H,2,5-6,8H2,1H3. The Morgan fingerprint density at radius 3 is 2.50 bits per heavy atom. The predicted molar refractivity (Wildman–Crippen MR) is 68.0 cm³/mol. The zero-order valence-corrected chi connectivity index (χ0v) is 11.0. The molecule has 0 radical (unpaired) electrons. The van der Waals surface area contributed by atoms with E-state index >= 15 is 0 Å². The first-order chi connectivity index (χ1) is 9.29. The minimum atomic E-state index is -4.33. The summed E-state index contributed by atoms with van der Waals surface area (Å²) >= 11 is 0. The van der Waals surface area contributed by atoms with Crippen LogP contribution in [0.4, 0.5) is 13.2 Å². The summed E-state index contributed by atoms with van der Waals surface area (Å²) in [6.07, 6.45) is -4.06. The van der Waals surface area contributed by atoms with Gasteiger partial charge in [0.25, 0.3) is 0 Å². The molecule has 0 bridgehead atoms. The van der Waals surface area contributed by atoms with E-state index in [1.165, 1.54) is 0 Å². The third-order valence-corrected chi connectivity index (χ3v) is 2.40. The van der Waals surface area contributed by atoms with Gasteiger partial charge in [0, 0.05) is 11.9 Å². The minimum Gasteiger partial charge on any atom is -0.494 e. The van der Waals surface area contributed by atoms with E-state index in [1.807, 2.05) is 0 Å². The van der Waals surface area contributed by atoms with Crippen LogP contribution in [-0.4, -0.2) is 43.2 Å². The molecule has 0 fully saturated rings. The molecule has 0 aliphatic heterocycles. The Bertz CT molecular complexity index is 424. The highest BCUT2D eigenvalue weighted by Crippen LogP contribution is 2.14. The van der Waals surface area contributed by atoms with Crippen molar-refractivity contribution in [1.82, 2.24) is 0 Å². The van der Waals surface area contributed by atoms with Gasteiger partial charge in [0.2, 0.25) is 0 Å². The third-order valence-electron chi connectivity index (χ3n) is 2.40. The molecule has 1 rings (SSSR count). The number of alkyl halides is 3. The molecule has 0 aromatic heterocycles. The van der Waals surface area contributed by atoms with Crippen molar-refractivity contribution < 1.29 is 32.7 Å². The Kier molecular flexibility index (Phi) is 6.32. The van der Waals surface area contributed by atoms with E-state index in [0.717, 1.165) is 5.56 Å². The fourth-order valence-corrected chi connectivity index (χ4v) is 1.53. The molecule has 0 aliphatic carbocycles. The van der Waals surface area contributed by atoms with Crippen molar-refractivity contribution in [3.05, 3.63) is 23.8 Å². The zero-order valence-electron chi connectivity index (χ0n) is 11.0. The van der Waals surface area contributed by atoms with Crippen LogP contribution in [0.1, 0.15) is 12.0 Å². The Morgan fingerprint density at radius 1 is 1.20 bits per heavy atom. The maximum atomic E-state index is 11.8. The Labute approximate surface area is 115 Å². The van der Waals surface area contributed by atoms with E-state index in [9.17, 15) is 23.2 Å². The van der Waals surface area contributed by atoms with Crippen LogP contribution < -0.4 is 10.2 Å².